The van der Waals surface area contributed by atoms with Gasteiger partial charge in [-0.3, -0.25) is 0 Å². The summed E-state index contributed by atoms with van der Waals surface area (Å²) in [7, 11) is 6.37. The van der Waals surface area contributed by atoms with Gasteiger partial charge in [-0.15, -0.1) is 0 Å². The van der Waals surface area contributed by atoms with E-state index < -0.39 is 11.6 Å². The average Bonchev–Trinajstić information content (AvgIpc) is 3.11. The maximum atomic E-state index is 13.2. The van der Waals surface area contributed by atoms with E-state index in [-0.39, 0.29) is 12.1 Å². The summed E-state index contributed by atoms with van der Waals surface area (Å²) in [4.78, 5) is 13.2. The summed E-state index contributed by atoms with van der Waals surface area (Å²) in [5.74, 6) is -0.597. The van der Waals surface area contributed by atoms with Gasteiger partial charge in [-0.25, -0.2) is 4.79 Å². The molecule has 0 unspecified atom stereocenters. The van der Waals surface area contributed by atoms with E-state index in [9.17, 15) is 9.90 Å². The topological polar surface area (TPSA) is 46.5 Å². The van der Waals surface area contributed by atoms with Gasteiger partial charge in [-0.1, -0.05) is 60.7 Å². The van der Waals surface area contributed by atoms with Crippen LogP contribution in [0.1, 0.15) is 30.4 Å². The number of benzene rings is 2. The van der Waals surface area contributed by atoms with Gasteiger partial charge in [0.25, 0.3) is 0 Å². The molecule has 0 bridgehead atoms. The summed E-state index contributed by atoms with van der Waals surface area (Å²) in [6.45, 7) is 0. The summed E-state index contributed by atoms with van der Waals surface area (Å²) in [5.41, 5.74) is -0.757. The number of aliphatic hydroxyl groups is 1. The number of ether oxygens (including phenoxy) is 1. The van der Waals surface area contributed by atoms with Gasteiger partial charge in [0.1, 0.15) is 6.04 Å². The van der Waals surface area contributed by atoms with E-state index in [1.807, 2.05) is 36.4 Å². The van der Waals surface area contributed by atoms with Crippen LogP contribution in [0.2, 0.25) is 0 Å². The fourth-order valence-electron chi connectivity index (χ4n) is 3.91. The molecule has 2 aromatic carbocycles. The molecule has 0 aromatic heterocycles. The van der Waals surface area contributed by atoms with Gasteiger partial charge in [0, 0.05) is 6.42 Å². The standard InChI is InChI=1S/C22H28NO3/c1-23(2,3)19-15-10-16-20(19)26-21(24)22(25,17-11-6-4-7-12-17)18-13-8-5-9-14-18/h4-9,11-14,19-20,25H,10,15-16H2,1-3H3/q+1/t19-,20-/m1/s1. The first-order valence-electron chi connectivity index (χ1n) is 9.19. The molecule has 2 atom stereocenters. The Bertz CT molecular complexity index is 697. The van der Waals surface area contributed by atoms with Crippen molar-refractivity contribution in [3.05, 3.63) is 71.8 Å². The van der Waals surface area contributed by atoms with Crippen molar-refractivity contribution in [2.24, 2.45) is 0 Å². The molecule has 1 fully saturated rings. The number of rotatable bonds is 5. The number of nitrogens with zero attached hydrogens (tertiary/aromatic N) is 1. The largest absolute Gasteiger partial charge is 0.453 e. The number of quaternary nitrogens is 1. The molecule has 4 nitrogen and oxygen atoms in total. The normalized spacial score (nSPS) is 20.8. The smallest absolute Gasteiger partial charge is 0.348 e. The molecular formula is C22H28NO3+. The highest BCUT2D eigenvalue weighted by Gasteiger charge is 2.46. The Hall–Kier alpha value is -2.17. The molecule has 0 radical (unpaired) electrons. The predicted molar refractivity (Wildman–Crippen MR) is 101 cm³/mol. The lowest BCUT2D eigenvalue weighted by molar-refractivity contribution is -0.898. The maximum absolute atomic E-state index is 13.2. The minimum absolute atomic E-state index is 0.179. The minimum Gasteiger partial charge on any atom is -0.453 e. The maximum Gasteiger partial charge on any atom is 0.348 e. The zero-order valence-electron chi connectivity index (χ0n) is 15.8. The van der Waals surface area contributed by atoms with E-state index in [4.69, 9.17) is 4.74 Å². The number of hydrogen-bond donors (Lipinski definition) is 1. The number of carbonyl (C=O) groups excluding carboxylic acids is 1. The number of esters is 1. The SMILES string of the molecule is C[N+](C)(C)[C@@H]1CCC[C@H]1OC(=O)C(O)(c1ccccc1)c1ccccc1. The lowest BCUT2D eigenvalue weighted by Crippen LogP contribution is -2.51. The van der Waals surface area contributed by atoms with Crippen LogP contribution in [0.25, 0.3) is 0 Å². The number of likely N-dealkylation sites (N-methyl/N-ethyl adjacent to an activating group) is 1. The minimum atomic E-state index is -1.81. The molecular weight excluding hydrogens is 326 g/mol. The van der Waals surface area contributed by atoms with Gasteiger partial charge >= 0.3 is 5.97 Å². The Morgan fingerprint density at radius 1 is 0.962 bits per heavy atom. The molecule has 1 N–H and O–H groups in total. The van der Waals surface area contributed by atoms with Crippen molar-refractivity contribution in [3.8, 4) is 0 Å². The van der Waals surface area contributed by atoms with Crippen LogP contribution in [0.4, 0.5) is 0 Å². The second-order valence-electron chi connectivity index (χ2n) is 8.00. The molecule has 1 aliphatic carbocycles. The Morgan fingerprint density at radius 2 is 1.46 bits per heavy atom. The highest BCUT2D eigenvalue weighted by molar-refractivity contribution is 5.85. The van der Waals surface area contributed by atoms with Crippen molar-refractivity contribution in [2.45, 2.75) is 37.0 Å². The third kappa shape index (κ3) is 3.53. The zero-order chi connectivity index (χ0) is 18.8. The predicted octanol–water partition coefficient (Wildman–Crippen LogP) is 3.09. The molecule has 0 heterocycles. The monoisotopic (exact) mass is 354 g/mol. The van der Waals surface area contributed by atoms with Gasteiger partial charge in [0.15, 0.2) is 6.10 Å². The Kier molecular flexibility index (Phi) is 5.17. The highest BCUT2D eigenvalue weighted by Crippen LogP contribution is 2.35. The first-order chi connectivity index (χ1) is 12.3. The van der Waals surface area contributed by atoms with Crippen molar-refractivity contribution in [1.29, 1.82) is 0 Å². The van der Waals surface area contributed by atoms with Crippen molar-refractivity contribution in [1.82, 2.24) is 0 Å². The molecule has 1 saturated carbocycles. The third-order valence-corrected chi connectivity index (χ3v) is 5.35. The zero-order valence-corrected chi connectivity index (χ0v) is 15.8. The van der Waals surface area contributed by atoms with Crippen LogP contribution in [0.15, 0.2) is 60.7 Å². The van der Waals surface area contributed by atoms with E-state index in [2.05, 4.69) is 21.1 Å². The molecule has 4 heteroatoms. The van der Waals surface area contributed by atoms with Crippen molar-refractivity contribution < 1.29 is 19.1 Å². The summed E-state index contributed by atoms with van der Waals surface area (Å²) in [5, 5.41) is 11.5. The number of hydrogen-bond acceptors (Lipinski definition) is 3. The van der Waals surface area contributed by atoms with E-state index in [0.29, 0.717) is 11.1 Å². The Labute approximate surface area is 155 Å². The highest BCUT2D eigenvalue weighted by atomic mass is 16.6. The molecule has 0 saturated heterocycles. The molecule has 3 rings (SSSR count). The van der Waals surface area contributed by atoms with Crippen molar-refractivity contribution >= 4 is 5.97 Å². The quantitative estimate of drug-likeness (QED) is 0.663. The van der Waals surface area contributed by atoms with Crippen LogP contribution >= 0.6 is 0 Å². The Balaban J connectivity index is 1.94. The summed E-state index contributed by atoms with van der Waals surface area (Å²) in [6, 6.07) is 18.3. The third-order valence-electron chi connectivity index (χ3n) is 5.35. The first kappa shape index (κ1) is 18.6. The molecule has 138 valence electrons. The van der Waals surface area contributed by atoms with Crippen LogP contribution < -0.4 is 0 Å². The molecule has 0 amide bonds. The van der Waals surface area contributed by atoms with Crippen LogP contribution in [-0.4, -0.2) is 48.8 Å². The van der Waals surface area contributed by atoms with Crippen LogP contribution in [-0.2, 0) is 15.1 Å². The van der Waals surface area contributed by atoms with E-state index >= 15 is 0 Å². The van der Waals surface area contributed by atoms with Gasteiger partial charge in [-0.2, -0.15) is 0 Å². The lowest BCUT2D eigenvalue weighted by Gasteiger charge is -2.36. The fraction of sp³-hybridized carbons (Fsp3) is 0.409. The van der Waals surface area contributed by atoms with E-state index in [1.165, 1.54) is 0 Å². The van der Waals surface area contributed by atoms with Gasteiger partial charge < -0.3 is 14.3 Å². The van der Waals surface area contributed by atoms with Gasteiger partial charge in [0.05, 0.1) is 21.1 Å². The molecule has 1 aliphatic rings. The van der Waals surface area contributed by atoms with Crippen molar-refractivity contribution in [2.75, 3.05) is 21.1 Å². The van der Waals surface area contributed by atoms with Crippen LogP contribution in [0.3, 0.4) is 0 Å². The van der Waals surface area contributed by atoms with Gasteiger partial charge in [-0.05, 0) is 24.0 Å². The van der Waals surface area contributed by atoms with E-state index in [1.54, 1.807) is 24.3 Å². The lowest BCUT2D eigenvalue weighted by atomic mass is 9.86. The second kappa shape index (κ2) is 7.22. The first-order valence-corrected chi connectivity index (χ1v) is 9.19. The molecule has 26 heavy (non-hydrogen) atoms. The summed E-state index contributed by atoms with van der Waals surface area (Å²) < 4.78 is 6.66. The van der Waals surface area contributed by atoms with E-state index in [0.717, 1.165) is 23.7 Å². The number of carbonyl (C=O) groups is 1. The Morgan fingerprint density at radius 3 is 1.92 bits per heavy atom. The average molecular weight is 354 g/mol. The van der Waals surface area contributed by atoms with Crippen LogP contribution in [0, 0.1) is 0 Å². The summed E-state index contributed by atoms with van der Waals surface area (Å²) >= 11 is 0. The molecule has 0 aliphatic heterocycles. The summed E-state index contributed by atoms with van der Waals surface area (Å²) in [6.07, 6.45) is 2.72. The van der Waals surface area contributed by atoms with Gasteiger partial charge in [0.2, 0.25) is 5.60 Å². The van der Waals surface area contributed by atoms with Crippen molar-refractivity contribution in [3.63, 3.8) is 0 Å². The molecule has 0 spiro atoms. The van der Waals surface area contributed by atoms with Crippen LogP contribution in [0.5, 0.6) is 0 Å². The fourth-order valence-corrected chi connectivity index (χ4v) is 3.91. The second-order valence-corrected chi connectivity index (χ2v) is 8.00. The molecule has 2 aromatic rings.